The van der Waals surface area contributed by atoms with Gasteiger partial charge < -0.3 is 5.11 Å². The van der Waals surface area contributed by atoms with Crippen molar-refractivity contribution >= 4 is 21.9 Å². The van der Waals surface area contributed by atoms with Gasteiger partial charge in [-0.15, -0.1) is 0 Å². The molecule has 1 fully saturated rings. The van der Waals surface area contributed by atoms with E-state index >= 15 is 0 Å². The van der Waals surface area contributed by atoms with Gasteiger partial charge in [0.05, 0.1) is 11.6 Å². The Labute approximate surface area is 135 Å². The highest BCUT2D eigenvalue weighted by Crippen LogP contribution is 2.25. The summed E-state index contributed by atoms with van der Waals surface area (Å²) in [6.07, 6.45) is 1.63. The second-order valence-corrected chi connectivity index (χ2v) is 6.32. The van der Waals surface area contributed by atoms with Crippen LogP contribution in [0.2, 0.25) is 0 Å². The maximum atomic E-state index is 14.2. The van der Waals surface area contributed by atoms with Gasteiger partial charge in [-0.2, -0.15) is 0 Å². The first-order valence-corrected chi connectivity index (χ1v) is 7.68. The number of pyridine rings is 1. The van der Waals surface area contributed by atoms with Crippen LogP contribution in [-0.2, 0) is 11.3 Å². The number of nitrogens with zero attached hydrogens (tertiary/aromatic N) is 2. The molecule has 0 unspecified atom stereocenters. The van der Waals surface area contributed by atoms with Gasteiger partial charge in [-0.25, -0.2) is 4.39 Å². The van der Waals surface area contributed by atoms with Gasteiger partial charge >= 0.3 is 5.97 Å². The highest BCUT2D eigenvalue weighted by molar-refractivity contribution is 9.10. The lowest BCUT2D eigenvalue weighted by molar-refractivity contribution is -0.147. The molecule has 2 heterocycles. The molecule has 0 atom stereocenters. The number of rotatable bonds is 4. The van der Waals surface area contributed by atoms with E-state index in [0.29, 0.717) is 30.9 Å². The Balaban J connectivity index is 1.70. The first-order valence-electron chi connectivity index (χ1n) is 6.88. The SMILES string of the molecule is O=C(O)C1CN(Cc2ccc(-c3ccc(Br)cn3)c(F)c2)C1. The van der Waals surface area contributed by atoms with E-state index in [1.54, 1.807) is 18.3 Å². The zero-order chi connectivity index (χ0) is 15.7. The molecule has 1 aromatic carbocycles. The monoisotopic (exact) mass is 364 g/mol. The van der Waals surface area contributed by atoms with Gasteiger partial charge in [-0.05, 0) is 45.8 Å². The normalized spacial score (nSPS) is 15.5. The number of aromatic nitrogens is 1. The minimum atomic E-state index is -0.765. The van der Waals surface area contributed by atoms with Crippen LogP contribution in [0.15, 0.2) is 41.0 Å². The maximum Gasteiger partial charge on any atom is 0.309 e. The molecule has 22 heavy (non-hydrogen) atoms. The molecule has 6 heteroatoms. The summed E-state index contributed by atoms with van der Waals surface area (Å²) < 4.78 is 15.1. The Morgan fingerprint density at radius 3 is 2.73 bits per heavy atom. The molecule has 0 bridgehead atoms. The average molecular weight is 365 g/mol. The fraction of sp³-hybridized carbons (Fsp3) is 0.250. The van der Waals surface area contributed by atoms with Gasteiger partial charge in [-0.3, -0.25) is 14.7 Å². The molecule has 114 valence electrons. The zero-order valence-electron chi connectivity index (χ0n) is 11.7. The van der Waals surface area contributed by atoms with Crippen molar-refractivity contribution in [3.63, 3.8) is 0 Å². The molecule has 0 amide bonds. The molecular weight excluding hydrogens is 351 g/mol. The average Bonchev–Trinajstić information content (AvgIpc) is 2.43. The molecule has 0 radical (unpaired) electrons. The number of carboxylic acid groups (broad SMARTS) is 1. The van der Waals surface area contributed by atoms with Crippen molar-refractivity contribution in [2.45, 2.75) is 6.54 Å². The molecule has 1 aliphatic heterocycles. The van der Waals surface area contributed by atoms with E-state index in [4.69, 9.17) is 5.11 Å². The summed E-state index contributed by atoms with van der Waals surface area (Å²) in [7, 11) is 0. The Bertz CT molecular complexity index is 700. The van der Waals surface area contributed by atoms with Crippen LogP contribution in [0.3, 0.4) is 0 Å². The molecule has 1 aliphatic rings. The fourth-order valence-electron chi connectivity index (χ4n) is 2.51. The van der Waals surface area contributed by atoms with Crippen LogP contribution in [0.4, 0.5) is 4.39 Å². The fourth-order valence-corrected chi connectivity index (χ4v) is 2.75. The van der Waals surface area contributed by atoms with Crippen LogP contribution < -0.4 is 0 Å². The quantitative estimate of drug-likeness (QED) is 0.905. The minimum Gasteiger partial charge on any atom is -0.481 e. The lowest BCUT2D eigenvalue weighted by Crippen LogP contribution is -2.49. The van der Waals surface area contributed by atoms with Crippen molar-refractivity contribution in [2.75, 3.05) is 13.1 Å². The molecule has 0 spiro atoms. The molecule has 1 saturated heterocycles. The highest BCUT2D eigenvalue weighted by atomic mass is 79.9. The molecule has 3 rings (SSSR count). The van der Waals surface area contributed by atoms with Crippen molar-refractivity contribution in [1.82, 2.24) is 9.88 Å². The first-order chi connectivity index (χ1) is 10.5. The third-order valence-electron chi connectivity index (χ3n) is 3.75. The van der Waals surface area contributed by atoms with Crippen LogP contribution in [0.25, 0.3) is 11.3 Å². The predicted molar refractivity (Wildman–Crippen MR) is 83.7 cm³/mol. The number of benzene rings is 1. The van der Waals surface area contributed by atoms with Gasteiger partial charge in [0.2, 0.25) is 0 Å². The number of carboxylic acids is 1. The second kappa shape index (κ2) is 6.14. The predicted octanol–water partition coefficient (Wildman–Crippen LogP) is 3.17. The van der Waals surface area contributed by atoms with E-state index in [2.05, 4.69) is 20.9 Å². The van der Waals surface area contributed by atoms with Crippen LogP contribution in [-0.4, -0.2) is 34.0 Å². The molecule has 1 N–H and O–H groups in total. The Hall–Kier alpha value is -1.79. The highest BCUT2D eigenvalue weighted by Gasteiger charge is 2.32. The summed E-state index contributed by atoms with van der Waals surface area (Å²) in [5, 5.41) is 8.85. The van der Waals surface area contributed by atoms with Gasteiger partial charge in [0.25, 0.3) is 0 Å². The van der Waals surface area contributed by atoms with Gasteiger partial charge in [0, 0.05) is 35.9 Å². The maximum absolute atomic E-state index is 14.2. The van der Waals surface area contributed by atoms with E-state index < -0.39 is 5.97 Å². The van der Waals surface area contributed by atoms with Gasteiger partial charge in [-0.1, -0.05) is 6.07 Å². The molecule has 4 nitrogen and oxygen atoms in total. The van der Waals surface area contributed by atoms with Crippen molar-refractivity contribution in [3.05, 3.63) is 52.4 Å². The van der Waals surface area contributed by atoms with Gasteiger partial charge in [0.15, 0.2) is 0 Å². The van der Waals surface area contributed by atoms with Crippen LogP contribution in [0.5, 0.6) is 0 Å². The van der Waals surface area contributed by atoms with Crippen molar-refractivity contribution < 1.29 is 14.3 Å². The minimum absolute atomic E-state index is 0.295. The number of likely N-dealkylation sites (tertiary alicyclic amines) is 1. The molecule has 1 aromatic heterocycles. The van der Waals surface area contributed by atoms with Crippen LogP contribution in [0.1, 0.15) is 5.56 Å². The summed E-state index contributed by atoms with van der Waals surface area (Å²) in [5.74, 6) is -1.38. The van der Waals surface area contributed by atoms with Crippen molar-refractivity contribution in [1.29, 1.82) is 0 Å². The molecule has 2 aromatic rings. The van der Waals surface area contributed by atoms with E-state index in [0.717, 1.165) is 10.0 Å². The van der Waals surface area contributed by atoms with E-state index in [-0.39, 0.29) is 11.7 Å². The molecular formula is C16H14BrFN2O2. The largest absolute Gasteiger partial charge is 0.481 e. The third-order valence-corrected chi connectivity index (χ3v) is 4.22. The standard InChI is InChI=1S/C16H14BrFN2O2/c17-12-2-4-15(19-6-12)13-3-1-10(5-14(13)18)7-20-8-11(9-20)16(21)22/h1-6,11H,7-9H2,(H,21,22). The van der Waals surface area contributed by atoms with Crippen molar-refractivity contribution in [3.8, 4) is 11.3 Å². The summed E-state index contributed by atoms with van der Waals surface area (Å²) in [6.45, 7) is 1.61. The van der Waals surface area contributed by atoms with Crippen molar-refractivity contribution in [2.24, 2.45) is 5.92 Å². The van der Waals surface area contributed by atoms with Crippen LogP contribution >= 0.6 is 15.9 Å². The number of aliphatic carboxylic acids is 1. The first kappa shape index (κ1) is 15.1. The number of hydrogen-bond acceptors (Lipinski definition) is 3. The summed E-state index contributed by atoms with van der Waals surface area (Å²) >= 11 is 3.30. The summed E-state index contributed by atoms with van der Waals surface area (Å²) in [6, 6.07) is 8.65. The number of carbonyl (C=O) groups is 1. The lowest BCUT2D eigenvalue weighted by atomic mass is 9.99. The Kier molecular flexibility index (Phi) is 4.22. The smallest absolute Gasteiger partial charge is 0.309 e. The third kappa shape index (κ3) is 3.18. The Morgan fingerprint density at radius 2 is 2.14 bits per heavy atom. The van der Waals surface area contributed by atoms with Gasteiger partial charge in [0.1, 0.15) is 5.82 Å². The second-order valence-electron chi connectivity index (χ2n) is 5.41. The Morgan fingerprint density at radius 1 is 1.36 bits per heavy atom. The zero-order valence-corrected chi connectivity index (χ0v) is 13.3. The number of halogens is 2. The topological polar surface area (TPSA) is 53.4 Å². The summed E-state index contributed by atoms with van der Waals surface area (Å²) in [5.41, 5.74) is 1.88. The van der Waals surface area contributed by atoms with E-state index in [1.165, 1.54) is 6.07 Å². The van der Waals surface area contributed by atoms with Crippen LogP contribution in [0, 0.1) is 11.7 Å². The number of hydrogen-bond donors (Lipinski definition) is 1. The summed E-state index contributed by atoms with van der Waals surface area (Å²) in [4.78, 5) is 16.9. The molecule has 0 aliphatic carbocycles. The molecule has 0 saturated carbocycles. The van der Waals surface area contributed by atoms with E-state index in [1.807, 2.05) is 17.0 Å². The van der Waals surface area contributed by atoms with E-state index in [9.17, 15) is 9.18 Å². The lowest BCUT2D eigenvalue weighted by Gasteiger charge is -2.36.